The van der Waals surface area contributed by atoms with Gasteiger partial charge in [0.1, 0.15) is 5.69 Å². The number of benzene rings is 1. The maximum atomic E-state index is 12.3. The number of rotatable bonds is 5. The molecule has 1 atom stereocenters. The van der Waals surface area contributed by atoms with Crippen LogP contribution in [0.5, 0.6) is 0 Å². The van der Waals surface area contributed by atoms with Gasteiger partial charge in [-0.1, -0.05) is 6.07 Å². The van der Waals surface area contributed by atoms with Crippen molar-refractivity contribution in [3.63, 3.8) is 0 Å². The molecule has 0 heterocycles. The summed E-state index contributed by atoms with van der Waals surface area (Å²) in [6.07, 6.45) is -3.43. The Balaban J connectivity index is 3.15. The van der Waals surface area contributed by atoms with Gasteiger partial charge in [-0.3, -0.25) is 10.1 Å². The molecule has 7 heteroatoms. The Morgan fingerprint density at radius 1 is 1.50 bits per heavy atom. The standard InChI is InChI=1S/C11H14F2N2O3/c1-7(16)8-3-4-9(10(5-8)15(17)18)14(2)6-11(12)13/h3-5,7,11,16H,6H2,1-2H3/t7-/m0/s1. The van der Waals surface area contributed by atoms with E-state index < -0.39 is 24.0 Å². The molecule has 0 radical (unpaired) electrons. The third kappa shape index (κ3) is 3.36. The van der Waals surface area contributed by atoms with Gasteiger partial charge in [-0.25, -0.2) is 8.78 Å². The van der Waals surface area contributed by atoms with Gasteiger partial charge in [0.05, 0.1) is 17.6 Å². The van der Waals surface area contributed by atoms with Crippen LogP contribution in [-0.2, 0) is 0 Å². The van der Waals surface area contributed by atoms with Crippen molar-refractivity contribution >= 4 is 11.4 Å². The van der Waals surface area contributed by atoms with Crippen LogP contribution in [0.25, 0.3) is 0 Å². The molecule has 0 aliphatic carbocycles. The zero-order chi connectivity index (χ0) is 13.9. The first-order chi connectivity index (χ1) is 8.32. The van der Waals surface area contributed by atoms with Gasteiger partial charge in [-0.2, -0.15) is 0 Å². The van der Waals surface area contributed by atoms with Gasteiger partial charge in [0.2, 0.25) is 0 Å². The second-order valence-corrected chi connectivity index (χ2v) is 3.95. The Morgan fingerprint density at radius 2 is 2.11 bits per heavy atom. The fourth-order valence-electron chi connectivity index (χ4n) is 1.57. The molecule has 0 saturated carbocycles. The van der Waals surface area contributed by atoms with E-state index in [4.69, 9.17) is 0 Å². The molecule has 5 nitrogen and oxygen atoms in total. The molecule has 0 aliphatic heterocycles. The summed E-state index contributed by atoms with van der Waals surface area (Å²) >= 11 is 0. The minimum absolute atomic E-state index is 0.102. The maximum absolute atomic E-state index is 12.3. The Labute approximate surface area is 103 Å². The fourth-order valence-corrected chi connectivity index (χ4v) is 1.57. The van der Waals surface area contributed by atoms with Crippen molar-refractivity contribution in [2.24, 2.45) is 0 Å². The predicted molar refractivity (Wildman–Crippen MR) is 63.0 cm³/mol. The zero-order valence-electron chi connectivity index (χ0n) is 10.0. The number of aliphatic hydroxyl groups excluding tert-OH is 1. The molecule has 1 N–H and O–H groups in total. The minimum atomic E-state index is -2.58. The Hall–Kier alpha value is -1.76. The predicted octanol–water partition coefficient (Wildman–Crippen LogP) is 2.35. The van der Waals surface area contributed by atoms with E-state index in [9.17, 15) is 24.0 Å². The molecule has 0 saturated heterocycles. The van der Waals surface area contributed by atoms with Crippen LogP contribution in [0.3, 0.4) is 0 Å². The normalized spacial score (nSPS) is 12.6. The third-order valence-corrected chi connectivity index (χ3v) is 2.50. The SMILES string of the molecule is C[C@H](O)c1ccc(N(C)CC(F)F)c([N+](=O)[O-])c1. The molecule has 1 aromatic carbocycles. The van der Waals surface area contributed by atoms with E-state index >= 15 is 0 Å². The fraction of sp³-hybridized carbons (Fsp3) is 0.455. The van der Waals surface area contributed by atoms with E-state index in [2.05, 4.69) is 0 Å². The molecule has 0 unspecified atom stereocenters. The second kappa shape index (κ2) is 5.72. The molecule has 0 aromatic heterocycles. The van der Waals surface area contributed by atoms with Crippen LogP contribution in [0.2, 0.25) is 0 Å². The van der Waals surface area contributed by atoms with E-state index in [1.54, 1.807) is 0 Å². The van der Waals surface area contributed by atoms with Crippen LogP contribution in [0.1, 0.15) is 18.6 Å². The van der Waals surface area contributed by atoms with Crippen LogP contribution < -0.4 is 4.90 Å². The molecule has 1 aromatic rings. The first kappa shape index (κ1) is 14.3. The highest BCUT2D eigenvalue weighted by atomic mass is 19.3. The lowest BCUT2D eigenvalue weighted by Crippen LogP contribution is -2.24. The van der Waals surface area contributed by atoms with Gasteiger partial charge < -0.3 is 10.0 Å². The van der Waals surface area contributed by atoms with Gasteiger partial charge in [0, 0.05) is 13.1 Å². The van der Waals surface area contributed by atoms with Gasteiger partial charge in [0.25, 0.3) is 12.1 Å². The van der Waals surface area contributed by atoms with Gasteiger partial charge in [-0.15, -0.1) is 0 Å². The molecular formula is C11H14F2N2O3. The van der Waals surface area contributed by atoms with Crippen molar-refractivity contribution in [2.75, 3.05) is 18.5 Å². The van der Waals surface area contributed by atoms with E-state index in [0.717, 1.165) is 4.90 Å². The Kier molecular flexibility index (Phi) is 4.55. The lowest BCUT2D eigenvalue weighted by atomic mass is 10.1. The number of hydrogen-bond acceptors (Lipinski definition) is 4. The lowest BCUT2D eigenvalue weighted by molar-refractivity contribution is -0.384. The number of nitrogens with zero attached hydrogens (tertiary/aromatic N) is 2. The van der Waals surface area contributed by atoms with E-state index in [0.29, 0.717) is 5.56 Å². The van der Waals surface area contributed by atoms with Crippen molar-refractivity contribution in [1.82, 2.24) is 0 Å². The highest BCUT2D eigenvalue weighted by Gasteiger charge is 2.20. The summed E-state index contributed by atoms with van der Waals surface area (Å²) in [5, 5.41) is 20.2. The van der Waals surface area contributed by atoms with Crippen LogP contribution >= 0.6 is 0 Å². The molecule has 1 rings (SSSR count). The quantitative estimate of drug-likeness (QED) is 0.652. The van der Waals surface area contributed by atoms with E-state index in [-0.39, 0.29) is 11.4 Å². The summed E-state index contributed by atoms with van der Waals surface area (Å²) in [5.41, 5.74) is 0.178. The van der Waals surface area contributed by atoms with Crippen LogP contribution in [0.4, 0.5) is 20.2 Å². The number of nitro groups is 1. The van der Waals surface area contributed by atoms with Crippen molar-refractivity contribution in [3.05, 3.63) is 33.9 Å². The first-order valence-corrected chi connectivity index (χ1v) is 5.28. The summed E-state index contributed by atoms with van der Waals surface area (Å²) in [4.78, 5) is 11.4. The maximum Gasteiger partial charge on any atom is 0.292 e. The topological polar surface area (TPSA) is 66.6 Å². The first-order valence-electron chi connectivity index (χ1n) is 5.28. The third-order valence-electron chi connectivity index (χ3n) is 2.50. The number of anilines is 1. The lowest BCUT2D eigenvalue weighted by Gasteiger charge is -2.19. The zero-order valence-corrected chi connectivity index (χ0v) is 10.0. The average molecular weight is 260 g/mol. The largest absolute Gasteiger partial charge is 0.389 e. The van der Waals surface area contributed by atoms with Crippen molar-refractivity contribution in [1.29, 1.82) is 0 Å². The minimum Gasteiger partial charge on any atom is -0.389 e. The molecule has 0 spiro atoms. The van der Waals surface area contributed by atoms with Crippen molar-refractivity contribution in [3.8, 4) is 0 Å². The van der Waals surface area contributed by atoms with E-state index in [1.165, 1.54) is 32.2 Å². The molecule has 100 valence electrons. The smallest absolute Gasteiger partial charge is 0.292 e. The Morgan fingerprint density at radius 3 is 2.56 bits per heavy atom. The summed E-state index contributed by atoms with van der Waals surface area (Å²) in [6.45, 7) is 0.885. The highest BCUT2D eigenvalue weighted by molar-refractivity contribution is 5.64. The van der Waals surface area contributed by atoms with Crippen molar-refractivity contribution in [2.45, 2.75) is 19.5 Å². The van der Waals surface area contributed by atoms with Crippen LogP contribution in [0, 0.1) is 10.1 Å². The van der Waals surface area contributed by atoms with Crippen LogP contribution in [-0.4, -0.2) is 30.0 Å². The molecule has 0 bridgehead atoms. The number of aliphatic hydroxyl groups is 1. The number of alkyl halides is 2. The number of halogens is 2. The van der Waals surface area contributed by atoms with Crippen molar-refractivity contribution < 1.29 is 18.8 Å². The average Bonchev–Trinajstić information content (AvgIpc) is 2.26. The highest BCUT2D eigenvalue weighted by Crippen LogP contribution is 2.30. The summed E-state index contributed by atoms with van der Waals surface area (Å²) in [5.74, 6) is 0. The van der Waals surface area contributed by atoms with Gasteiger partial charge in [0.15, 0.2) is 0 Å². The molecular weight excluding hydrogens is 246 g/mol. The monoisotopic (exact) mass is 260 g/mol. The number of nitro benzene ring substituents is 1. The molecule has 18 heavy (non-hydrogen) atoms. The molecule has 0 fully saturated rings. The van der Waals surface area contributed by atoms with E-state index in [1.807, 2.05) is 0 Å². The number of hydrogen-bond donors (Lipinski definition) is 1. The van der Waals surface area contributed by atoms with Gasteiger partial charge >= 0.3 is 0 Å². The summed E-state index contributed by atoms with van der Waals surface area (Å²) in [6, 6.07) is 4.04. The summed E-state index contributed by atoms with van der Waals surface area (Å²) in [7, 11) is 1.36. The van der Waals surface area contributed by atoms with Crippen LogP contribution in [0.15, 0.2) is 18.2 Å². The Bertz CT molecular complexity index is 438. The second-order valence-electron chi connectivity index (χ2n) is 3.95. The van der Waals surface area contributed by atoms with Gasteiger partial charge in [-0.05, 0) is 18.6 Å². The molecule has 0 amide bonds. The molecule has 0 aliphatic rings. The summed E-state index contributed by atoms with van der Waals surface area (Å²) < 4.78 is 24.5.